The minimum Gasteiger partial charge on any atom is -0.467 e. The summed E-state index contributed by atoms with van der Waals surface area (Å²) in [5, 5.41) is 5.53. The summed E-state index contributed by atoms with van der Waals surface area (Å²) in [5.41, 5.74) is 3.32. The van der Waals surface area contributed by atoms with Crippen molar-refractivity contribution >= 4 is 12.0 Å². The zero-order chi connectivity index (χ0) is 20.8. The van der Waals surface area contributed by atoms with E-state index in [1.165, 1.54) is 11.8 Å². The number of hydrogen-bond acceptors (Lipinski definition) is 5. The van der Waals surface area contributed by atoms with Crippen molar-refractivity contribution in [2.45, 2.75) is 32.9 Å². The topological polar surface area (TPSA) is 83.8 Å². The summed E-state index contributed by atoms with van der Waals surface area (Å²) in [6.07, 6.45) is 2.51. The molecule has 2 aromatic rings. The number of furan rings is 1. The van der Waals surface area contributed by atoms with E-state index in [2.05, 4.69) is 41.8 Å². The van der Waals surface area contributed by atoms with E-state index in [0.717, 1.165) is 12.0 Å². The van der Waals surface area contributed by atoms with Gasteiger partial charge in [-0.3, -0.25) is 4.90 Å². The lowest BCUT2D eigenvalue weighted by Crippen LogP contribution is -2.48. The molecule has 7 heteroatoms. The number of aryl methyl sites for hydroxylation is 1. The van der Waals surface area contributed by atoms with Gasteiger partial charge in [0.25, 0.3) is 0 Å². The van der Waals surface area contributed by atoms with Crippen LogP contribution in [0, 0.1) is 0 Å². The van der Waals surface area contributed by atoms with Crippen molar-refractivity contribution < 1.29 is 18.7 Å². The third kappa shape index (κ3) is 5.06. The quantitative estimate of drug-likeness (QED) is 0.669. The van der Waals surface area contributed by atoms with Gasteiger partial charge < -0.3 is 19.8 Å². The van der Waals surface area contributed by atoms with Gasteiger partial charge in [0.15, 0.2) is 0 Å². The number of benzene rings is 1. The molecule has 1 aliphatic rings. The van der Waals surface area contributed by atoms with Crippen molar-refractivity contribution in [2.75, 3.05) is 20.2 Å². The largest absolute Gasteiger partial charge is 0.467 e. The molecule has 0 saturated carbocycles. The predicted octanol–water partition coefficient (Wildman–Crippen LogP) is 3.15. The number of ether oxygens (including phenoxy) is 1. The lowest BCUT2D eigenvalue weighted by atomic mass is 9.99. The van der Waals surface area contributed by atoms with Gasteiger partial charge in [0.05, 0.1) is 18.4 Å². The van der Waals surface area contributed by atoms with Crippen molar-refractivity contribution in [3.63, 3.8) is 0 Å². The zero-order valence-electron chi connectivity index (χ0n) is 17.0. The minimum absolute atomic E-state index is 0.244. The highest BCUT2D eigenvalue weighted by atomic mass is 16.5. The van der Waals surface area contributed by atoms with Crippen LogP contribution in [0.1, 0.15) is 36.8 Å². The molecule has 1 aliphatic heterocycles. The molecular weight excluding hydrogens is 370 g/mol. The van der Waals surface area contributed by atoms with Crippen LogP contribution in [0.25, 0.3) is 0 Å². The Hall–Kier alpha value is -3.06. The molecule has 2 amide bonds. The fourth-order valence-corrected chi connectivity index (χ4v) is 3.38. The second-order valence-electron chi connectivity index (χ2n) is 7.00. The molecule has 0 bridgehead atoms. The van der Waals surface area contributed by atoms with E-state index < -0.39 is 12.0 Å². The van der Waals surface area contributed by atoms with Crippen LogP contribution in [0.15, 0.2) is 58.3 Å². The van der Waals surface area contributed by atoms with Crippen LogP contribution in [0.3, 0.4) is 0 Å². The predicted molar refractivity (Wildman–Crippen MR) is 109 cm³/mol. The Morgan fingerprint density at radius 1 is 1.14 bits per heavy atom. The van der Waals surface area contributed by atoms with Gasteiger partial charge in [-0.15, -0.1) is 0 Å². The molecule has 2 N–H and O–H groups in total. The van der Waals surface area contributed by atoms with Crippen molar-refractivity contribution in [1.82, 2.24) is 15.5 Å². The fraction of sp³-hybridized carbons (Fsp3) is 0.364. The lowest BCUT2D eigenvalue weighted by molar-refractivity contribution is -0.139. The normalized spacial score (nSPS) is 16.6. The van der Waals surface area contributed by atoms with E-state index in [4.69, 9.17) is 9.15 Å². The summed E-state index contributed by atoms with van der Waals surface area (Å²) in [7, 11) is 1.94. The fourth-order valence-electron chi connectivity index (χ4n) is 3.38. The van der Waals surface area contributed by atoms with Crippen molar-refractivity contribution in [1.29, 1.82) is 0 Å². The zero-order valence-corrected chi connectivity index (χ0v) is 17.0. The lowest BCUT2D eigenvalue weighted by Gasteiger charge is -2.30. The minimum atomic E-state index is -0.690. The molecule has 0 fully saturated rings. The highest BCUT2D eigenvalue weighted by Gasteiger charge is 2.35. The molecule has 1 aromatic heterocycles. The SMILES string of the molecule is CCOC(=O)C1=C(CN(C)Cc2ccc(CC)cc2)NC(=O)N[C@@H]1c1ccco1. The Balaban J connectivity index is 1.85. The first-order valence-electron chi connectivity index (χ1n) is 9.79. The average Bonchev–Trinajstić information content (AvgIpc) is 3.23. The molecule has 2 heterocycles. The summed E-state index contributed by atoms with van der Waals surface area (Å²) in [4.78, 5) is 27.0. The third-order valence-electron chi connectivity index (χ3n) is 4.79. The number of likely N-dealkylation sites (N-methyl/N-ethyl adjacent to an activating group) is 1. The van der Waals surface area contributed by atoms with Crippen molar-refractivity contribution in [2.24, 2.45) is 0 Å². The van der Waals surface area contributed by atoms with Crippen LogP contribution in [0.5, 0.6) is 0 Å². The van der Waals surface area contributed by atoms with E-state index in [1.54, 1.807) is 19.1 Å². The maximum atomic E-state index is 12.7. The third-order valence-corrected chi connectivity index (χ3v) is 4.79. The highest BCUT2D eigenvalue weighted by Crippen LogP contribution is 2.28. The second-order valence-corrected chi connectivity index (χ2v) is 7.00. The maximum absolute atomic E-state index is 12.7. The van der Waals surface area contributed by atoms with Gasteiger partial charge in [-0.05, 0) is 43.7 Å². The van der Waals surface area contributed by atoms with E-state index >= 15 is 0 Å². The molecule has 29 heavy (non-hydrogen) atoms. The molecule has 3 rings (SSSR count). The van der Waals surface area contributed by atoms with Crippen LogP contribution in [-0.4, -0.2) is 37.1 Å². The van der Waals surface area contributed by atoms with Gasteiger partial charge in [0.2, 0.25) is 0 Å². The van der Waals surface area contributed by atoms with Crippen molar-refractivity contribution in [3.8, 4) is 0 Å². The Morgan fingerprint density at radius 2 is 1.86 bits per heavy atom. The molecule has 154 valence electrons. The number of nitrogens with one attached hydrogen (secondary N) is 2. The van der Waals surface area contributed by atoms with Gasteiger partial charge in [-0.1, -0.05) is 31.2 Å². The first-order chi connectivity index (χ1) is 14.0. The average molecular weight is 397 g/mol. The number of urea groups is 1. The summed E-state index contributed by atoms with van der Waals surface area (Å²) in [6, 6.07) is 10.8. The Kier molecular flexibility index (Phi) is 6.72. The van der Waals surface area contributed by atoms with E-state index in [9.17, 15) is 9.59 Å². The number of nitrogens with zero attached hydrogens (tertiary/aromatic N) is 1. The number of amides is 2. The van der Waals surface area contributed by atoms with E-state index in [0.29, 0.717) is 30.1 Å². The summed E-state index contributed by atoms with van der Waals surface area (Å²) in [5.74, 6) is 0.00955. The smallest absolute Gasteiger partial charge is 0.338 e. The summed E-state index contributed by atoms with van der Waals surface area (Å²) in [6.45, 7) is 5.18. The molecule has 0 aliphatic carbocycles. The first kappa shape index (κ1) is 20.7. The molecule has 0 unspecified atom stereocenters. The van der Waals surface area contributed by atoms with Gasteiger partial charge in [0.1, 0.15) is 11.8 Å². The Labute approximate surface area is 170 Å². The monoisotopic (exact) mass is 397 g/mol. The number of esters is 1. The van der Waals surface area contributed by atoms with Gasteiger partial charge in [-0.2, -0.15) is 0 Å². The number of carbonyl (C=O) groups excluding carboxylic acids is 2. The van der Waals surface area contributed by atoms with Crippen LogP contribution < -0.4 is 10.6 Å². The first-order valence-corrected chi connectivity index (χ1v) is 9.79. The number of rotatable bonds is 8. The molecule has 7 nitrogen and oxygen atoms in total. The maximum Gasteiger partial charge on any atom is 0.338 e. The number of carbonyl (C=O) groups is 2. The van der Waals surface area contributed by atoms with Crippen LogP contribution >= 0.6 is 0 Å². The van der Waals surface area contributed by atoms with Crippen LogP contribution in [-0.2, 0) is 22.5 Å². The standard InChI is InChI=1S/C22H27N3O4/c1-4-15-8-10-16(11-9-15)13-25(3)14-17-19(21(26)28-5-2)20(24-22(27)23-17)18-7-6-12-29-18/h6-12,20H,4-5,13-14H2,1-3H3,(H2,23,24,27)/t20-/m1/s1. The van der Waals surface area contributed by atoms with E-state index in [1.807, 2.05) is 11.9 Å². The highest BCUT2D eigenvalue weighted by molar-refractivity contribution is 5.95. The molecule has 0 spiro atoms. The van der Waals surface area contributed by atoms with Gasteiger partial charge in [0, 0.05) is 18.8 Å². The number of hydrogen-bond donors (Lipinski definition) is 2. The van der Waals surface area contributed by atoms with Crippen molar-refractivity contribution in [3.05, 3.63) is 70.8 Å². The molecular formula is C22H27N3O4. The van der Waals surface area contributed by atoms with E-state index in [-0.39, 0.29) is 12.6 Å². The van der Waals surface area contributed by atoms with Gasteiger partial charge >= 0.3 is 12.0 Å². The summed E-state index contributed by atoms with van der Waals surface area (Å²) < 4.78 is 10.7. The summed E-state index contributed by atoms with van der Waals surface area (Å²) >= 11 is 0. The Bertz CT molecular complexity index is 872. The van der Waals surface area contributed by atoms with Gasteiger partial charge in [-0.25, -0.2) is 9.59 Å². The molecule has 1 aromatic carbocycles. The van der Waals surface area contributed by atoms with Crippen LogP contribution in [0.2, 0.25) is 0 Å². The second kappa shape index (κ2) is 9.43. The molecule has 0 saturated heterocycles. The Morgan fingerprint density at radius 3 is 2.48 bits per heavy atom. The van der Waals surface area contributed by atoms with Crippen LogP contribution in [0.4, 0.5) is 4.79 Å². The molecule has 1 atom stereocenters. The molecule has 0 radical (unpaired) electrons.